The normalized spacial score (nSPS) is 23.2. The van der Waals surface area contributed by atoms with Crippen LogP contribution in [0.1, 0.15) is 41.3 Å². The Hall–Kier alpha value is -3.20. The van der Waals surface area contributed by atoms with E-state index in [1.807, 2.05) is 24.2 Å². The van der Waals surface area contributed by atoms with E-state index in [0.717, 1.165) is 62.2 Å². The molecule has 0 spiro atoms. The molecule has 0 bridgehead atoms. The first-order valence-corrected chi connectivity index (χ1v) is 10.9. The summed E-state index contributed by atoms with van der Waals surface area (Å²) < 4.78 is 5.90. The van der Waals surface area contributed by atoms with Crippen LogP contribution in [-0.4, -0.2) is 65.0 Å². The van der Waals surface area contributed by atoms with Gasteiger partial charge < -0.3 is 24.9 Å². The van der Waals surface area contributed by atoms with Gasteiger partial charge in [0.15, 0.2) is 11.3 Å². The van der Waals surface area contributed by atoms with E-state index in [0.29, 0.717) is 23.1 Å². The number of hydrogen-bond acceptors (Lipinski definition) is 8. The fraction of sp³-hybridized carbons (Fsp3) is 0.455. The highest BCUT2D eigenvalue weighted by Crippen LogP contribution is 2.46. The minimum absolute atomic E-state index is 0.0594. The van der Waals surface area contributed by atoms with Crippen LogP contribution in [0.3, 0.4) is 0 Å². The molecular weight excluding hydrogens is 394 g/mol. The monoisotopic (exact) mass is 419 g/mol. The molecule has 2 atom stereocenters. The van der Waals surface area contributed by atoms with Crippen molar-refractivity contribution in [3.8, 4) is 0 Å². The molecule has 31 heavy (non-hydrogen) atoms. The summed E-state index contributed by atoms with van der Waals surface area (Å²) >= 11 is 0. The summed E-state index contributed by atoms with van der Waals surface area (Å²) in [4.78, 5) is 30.6. The summed E-state index contributed by atoms with van der Waals surface area (Å²) in [6.45, 7) is 3.94. The Morgan fingerprint density at radius 1 is 1.16 bits per heavy atom. The third-order valence-corrected chi connectivity index (χ3v) is 6.80. The van der Waals surface area contributed by atoms with E-state index in [9.17, 15) is 4.79 Å². The molecule has 2 aliphatic heterocycles. The summed E-state index contributed by atoms with van der Waals surface area (Å²) in [6.07, 6.45) is 6.71. The summed E-state index contributed by atoms with van der Waals surface area (Å²) in [6, 6.07) is 4.24. The summed E-state index contributed by atoms with van der Waals surface area (Å²) in [7, 11) is 1.87. The molecule has 3 aromatic heterocycles. The minimum Gasteiger partial charge on any atom is -0.447 e. The second-order valence-electron chi connectivity index (χ2n) is 8.54. The van der Waals surface area contributed by atoms with Gasteiger partial charge in [-0.05, 0) is 25.0 Å². The fourth-order valence-electron chi connectivity index (χ4n) is 5.21. The first-order valence-electron chi connectivity index (χ1n) is 10.9. The van der Waals surface area contributed by atoms with E-state index in [4.69, 9.17) is 9.40 Å². The molecule has 1 aliphatic carbocycles. The number of aromatic nitrogens is 3. The Bertz CT molecular complexity index is 1140. The first-order chi connectivity index (χ1) is 15.2. The van der Waals surface area contributed by atoms with Crippen molar-refractivity contribution in [2.45, 2.75) is 31.2 Å². The molecule has 2 unspecified atom stereocenters. The largest absolute Gasteiger partial charge is 0.447 e. The maximum Gasteiger partial charge on any atom is 0.289 e. The zero-order valence-electron chi connectivity index (χ0n) is 17.5. The maximum absolute atomic E-state index is 12.8. The number of anilines is 3. The van der Waals surface area contributed by atoms with Crippen molar-refractivity contribution < 1.29 is 9.21 Å². The Labute approximate surface area is 179 Å². The quantitative estimate of drug-likeness (QED) is 0.668. The van der Waals surface area contributed by atoms with Crippen molar-refractivity contribution in [1.29, 1.82) is 0 Å². The third-order valence-electron chi connectivity index (χ3n) is 6.80. The number of carbonyl (C=O) groups is 1. The Morgan fingerprint density at radius 2 is 2.03 bits per heavy atom. The summed E-state index contributed by atoms with van der Waals surface area (Å²) in [5, 5.41) is 6.56. The number of rotatable bonds is 3. The molecule has 2 N–H and O–H groups in total. The predicted molar refractivity (Wildman–Crippen MR) is 117 cm³/mol. The lowest BCUT2D eigenvalue weighted by atomic mass is 9.88. The molecule has 0 radical (unpaired) electrons. The van der Waals surface area contributed by atoms with E-state index in [2.05, 4.69) is 31.6 Å². The molecule has 9 heteroatoms. The molecule has 160 valence electrons. The Morgan fingerprint density at radius 3 is 2.84 bits per heavy atom. The molecule has 6 rings (SSSR count). The van der Waals surface area contributed by atoms with Gasteiger partial charge in [0, 0.05) is 50.7 Å². The van der Waals surface area contributed by atoms with Crippen LogP contribution < -0.4 is 15.5 Å². The number of piperazine rings is 1. The lowest BCUT2D eigenvalue weighted by molar-refractivity contribution is 0.0659. The zero-order valence-corrected chi connectivity index (χ0v) is 17.5. The minimum atomic E-state index is -0.0594. The topological polar surface area (TPSA) is 99.4 Å². The highest BCUT2D eigenvalue weighted by Gasteiger charge is 2.44. The van der Waals surface area contributed by atoms with Gasteiger partial charge in [-0.15, -0.1) is 0 Å². The SMILES string of the molecule is CN1C(=O)c2oc3cnc(Nc4ccc(N5CCNCC5)cn4)nc3c2C2CCCC21. The van der Waals surface area contributed by atoms with Gasteiger partial charge in [-0.3, -0.25) is 4.79 Å². The molecule has 3 aliphatic rings. The number of pyridine rings is 1. The van der Waals surface area contributed by atoms with Gasteiger partial charge in [0.05, 0.1) is 18.1 Å². The summed E-state index contributed by atoms with van der Waals surface area (Å²) in [5.41, 5.74) is 3.37. The standard InChI is InChI=1S/C22H25N7O2/c1-28-15-4-2-3-14(15)18-19-16(31-20(18)21(28)30)12-25-22(27-19)26-17-6-5-13(11-24-17)29-9-7-23-8-10-29/h5-6,11-12,14-15,23H,2-4,7-10H2,1H3,(H,24,25,26,27). The molecular formula is C22H25N7O2. The molecule has 9 nitrogen and oxygen atoms in total. The van der Waals surface area contributed by atoms with Gasteiger partial charge in [0.2, 0.25) is 5.95 Å². The van der Waals surface area contributed by atoms with Crippen LogP contribution in [0.2, 0.25) is 0 Å². The number of amides is 1. The van der Waals surface area contributed by atoms with Crippen LogP contribution in [0.4, 0.5) is 17.5 Å². The Balaban J connectivity index is 1.30. The van der Waals surface area contributed by atoms with Gasteiger partial charge in [-0.25, -0.2) is 15.0 Å². The van der Waals surface area contributed by atoms with Crippen molar-refractivity contribution in [2.75, 3.05) is 43.4 Å². The van der Waals surface area contributed by atoms with Gasteiger partial charge in [-0.2, -0.15) is 0 Å². The van der Waals surface area contributed by atoms with Crippen LogP contribution in [-0.2, 0) is 0 Å². The Kier molecular flexibility index (Phi) is 4.31. The highest BCUT2D eigenvalue weighted by atomic mass is 16.3. The number of nitrogens with zero attached hydrogens (tertiary/aromatic N) is 5. The third kappa shape index (κ3) is 3.03. The van der Waals surface area contributed by atoms with E-state index in [1.54, 1.807) is 6.20 Å². The molecule has 0 aromatic carbocycles. The van der Waals surface area contributed by atoms with Crippen LogP contribution in [0, 0.1) is 0 Å². The number of carbonyl (C=O) groups excluding carboxylic acids is 1. The van der Waals surface area contributed by atoms with E-state index >= 15 is 0 Å². The predicted octanol–water partition coefficient (Wildman–Crippen LogP) is 2.49. The van der Waals surface area contributed by atoms with Crippen LogP contribution >= 0.6 is 0 Å². The van der Waals surface area contributed by atoms with Crippen LogP contribution in [0.5, 0.6) is 0 Å². The van der Waals surface area contributed by atoms with E-state index < -0.39 is 0 Å². The first kappa shape index (κ1) is 18.6. The van der Waals surface area contributed by atoms with E-state index in [1.165, 1.54) is 0 Å². The van der Waals surface area contributed by atoms with Crippen molar-refractivity contribution >= 4 is 34.5 Å². The maximum atomic E-state index is 12.8. The van der Waals surface area contributed by atoms with Crippen molar-refractivity contribution in [3.63, 3.8) is 0 Å². The lowest BCUT2D eigenvalue weighted by Crippen LogP contribution is -2.43. The second-order valence-corrected chi connectivity index (χ2v) is 8.54. The second kappa shape index (κ2) is 7.19. The molecule has 1 saturated carbocycles. The van der Waals surface area contributed by atoms with Gasteiger partial charge in [-0.1, -0.05) is 6.42 Å². The number of fused-ring (bicyclic) bond motifs is 5. The summed E-state index contributed by atoms with van der Waals surface area (Å²) in [5.74, 6) is 1.78. The van der Waals surface area contributed by atoms with Crippen molar-refractivity contribution in [1.82, 2.24) is 25.2 Å². The molecule has 2 fully saturated rings. The molecule has 1 amide bonds. The number of furan rings is 1. The van der Waals surface area contributed by atoms with Crippen molar-refractivity contribution in [3.05, 3.63) is 35.9 Å². The van der Waals surface area contributed by atoms with E-state index in [-0.39, 0.29) is 17.9 Å². The molecule has 1 saturated heterocycles. The van der Waals surface area contributed by atoms with Crippen molar-refractivity contribution in [2.24, 2.45) is 0 Å². The molecule has 5 heterocycles. The highest BCUT2D eigenvalue weighted by molar-refractivity contribution is 6.00. The number of hydrogen-bond donors (Lipinski definition) is 2. The van der Waals surface area contributed by atoms with Gasteiger partial charge in [0.25, 0.3) is 5.91 Å². The van der Waals surface area contributed by atoms with Gasteiger partial charge in [0.1, 0.15) is 11.3 Å². The smallest absolute Gasteiger partial charge is 0.289 e. The fourth-order valence-corrected chi connectivity index (χ4v) is 5.21. The lowest BCUT2D eigenvalue weighted by Gasteiger charge is -2.33. The number of likely N-dealkylation sites (N-methyl/N-ethyl adjacent to an activating group) is 1. The van der Waals surface area contributed by atoms with Crippen LogP contribution in [0.15, 0.2) is 28.9 Å². The van der Waals surface area contributed by atoms with Gasteiger partial charge >= 0.3 is 0 Å². The van der Waals surface area contributed by atoms with Crippen LogP contribution in [0.25, 0.3) is 11.1 Å². The molecule has 3 aromatic rings. The average molecular weight is 419 g/mol. The zero-order chi connectivity index (χ0) is 20.9. The number of nitrogens with one attached hydrogen (secondary N) is 2. The average Bonchev–Trinajstić information content (AvgIpc) is 3.43.